The number of hydrogen-bond acceptors (Lipinski definition) is 7. The van der Waals surface area contributed by atoms with Crippen LogP contribution in [0.5, 0.6) is 11.5 Å². The minimum Gasteiger partial charge on any atom is -0.495 e. The first-order valence-electron chi connectivity index (χ1n) is 15.1. The highest BCUT2D eigenvalue weighted by atomic mass is 35.5. The molecule has 2 atom stereocenters. The van der Waals surface area contributed by atoms with Crippen LogP contribution in [0.25, 0.3) is 0 Å². The predicted octanol–water partition coefficient (Wildman–Crippen LogP) is 4.56. The van der Waals surface area contributed by atoms with Crippen molar-refractivity contribution in [2.75, 3.05) is 63.6 Å². The van der Waals surface area contributed by atoms with Crippen molar-refractivity contribution in [1.29, 1.82) is 0 Å². The number of carboxylic acid groups (broad SMARTS) is 1. The van der Waals surface area contributed by atoms with Crippen LogP contribution < -0.4 is 20.1 Å². The number of methoxy groups -OCH3 is 1. The van der Waals surface area contributed by atoms with Crippen LogP contribution in [0.1, 0.15) is 12.0 Å². The zero-order chi connectivity index (χ0) is 33.5. The average molecular weight is 672 g/mol. The molecule has 1 unspecified atom stereocenters. The second-order valence-electron chi connectivity index (χ2n) is 11.5. The molecular weight excluding hydrogens is 636 g/mol. The number of nitrogens with one attached hydrogen (secondary N) is 2. The molecule has 250 valence electrons. The van der Waals surface area contributed by atoms with Crippen LogP contribution >= 0.6 is 11.6 Å². The summed E-state index contributed by atoms with van der Waals surface area (Å²) < 4.78 is 39.3. The maximum atomic E-state index is 14.4. The van der Waals surface area contributed by atoms with Gasteiger partial charge in [0.1, 0.15) is 17.7 Å². The van der Waals surface area contributed by atoms with E-state index < -0.39 is 29.7 Å². The van der Waals surface area contributed by atoms with Crippen molar-refractivity contribution in [2.45, 2.75) is 25.0 Å². The van der Waals surface area contributed by atoms with Crippen LogP contribution in [0.15, 0.2) is 60.7 Å². The Morgan fingerprint density at radius 2 is 1.66 bits per heavy atom. The van der Waals surface area contributed by atoms with Gasteiger partial charge >= 0.3 is 12.0 Å². The number of likely N-dealkylation sites (tertiary alicyclic amines) is 1. The molecule has 3 aromatic carbocycles. The van der Waals surface area contributed by atoms with Crippen LogP contribution in [0.4, 0.5) is 25.0 Å². The number of benzene rings is 3. The fourth-order valence-electron chi connectivity index (χ4n) is 5.87. The standard InChI is InChI=1S/C33H36ClF2N5O6/c1-46-30-14-21(6-8-28(30)38-33(45)37-27-5-3-2-4-25(27)34)15-31(42)41-19-24(47-29-9-7-22(35)16-26(29)36)17-23(41)18-39-10-12-40(13-11-39)20-32(43)44/h2-9,14,16,23-24H,10-13,15,17-20H2,1H3,(H,43,44)(H2,37,38,45)/t23?,24-/m0/s1. The number of amides is 3. The molecule has 47 heavy (non-hydrogen) atoms. The van der Waals surface area contributed by atoms with Gasteiger partial charge in [-0.2, -0.15) is 0 Å². The third-order valence-corrected chi connectivity index (χ3v) is 8.50. The number of halogens is 3. The second kappa shape index (κ2) is 15.4. The number of para-hydroxylation sites is 1. The summed E-state index contributed by atoms with van der Waals surface area (Å²) in [4.78, 5) is 43.3. The number of ether oxygens (including phenoxy) is 2. The lowest BCUT2D eigenvalue weighted by atomic mass is 10.1. The van der Waals surface area contributed by atoms with Crippen molar-refractivity contribution in [3.05, 3.63) is 82.9 Å². The van der Waals surface area contributed by atoms with Gasteiger partial charge in [-0.05, 0) is 42.0 Å². The molecule has 5 rings (SSSR count). The Bertz CT molecular complexity index is 1610. The van der Waals surface area contributed by atoms with Crippen LogP contribution in [-0.4, -0.2) is 103 Å². The quantitative estimate of drug-likeness (QED) is 0.271. The molecule has 3 N–H and O–H groups in total. The van der Waals surface area contributed by atoms with E-state index in [4.69, 9.17) is 26.2 Å². The van der Waals surface area contributed by atoms with E-state index in [2.05, 4.69) is 15.5 Å². The van der Waals surface area contributed by atoms with E-state index in [0.717, 1.165) is 12.1 Å². The SMILES string of the molecule is COc1cc(CC(=O)N2C[C@@H](Oc3ccc(F)cc3F)CC2CN2CCN(CC(=O)O)CC2)ccc1NC(=O)Nc1ccccc1Cl. The number of carboxylic acids is 1. The molecule has 0 radical (unpaired) electrons. The summed E-state index contributed by atoms with van der Waals surface area (Å²) >= 11 is 6.14. The molecule has 2 saturated heterocycles. The molecule has 0 saturated carbocycles. The van der Waals surface area contributed by atoms with Gasteiger partial charge in [0.25, 0.3) is 0 Å². The minimum atomic E-state index is -0.875. The Morgan fingerprint density at radius 1 is 0.936 bits per heavy atom. The fraction of sp³-hybridized carbons (Fsp3) is 0.364. The van der Waals surface area contributed by atoms with E-state index in [-0.39, 0.29) is 37.2 Å². The number of hydrogen-bond donors (Lipinski definition) is 3. The van der Waals surface area contributed by atoms with Crippen molar-refractivity contribution < 1.29 is 37.7 Å². The highest BCUT2D eigenvalue weighted by Crippen LogP contribution is 2.30. The number of piperazine rings is 1. The molecule has 0 aliphatic carbocycles. The Labute approximate surface area is 276 Å². The first kappa shape index (κ1) is 33.9. The summed E-state index contributed by atoms with van der Waals surface area (Å²) in [6.07, 6.45) is -0.0527. The summed E-state index contributed by atoms with van der Waals surface area (Å²) in [5, 5.41) is 14.9. The number of nitrogens with zero attached hydrogens (tertiary/aromatic N) is 3. The van der Waals surface area contributed by atoms with E-state index in [1.54, 1.807) is 47.4 Å². The number of urea groups is 1. The van der Waals surface area contributed by atoms with Crippen LogP contribution in [-0.2, 0) is 16.0 Å². The summed E-state index contributed by atoms with van der Waals surface area (Å²) in [6.45, 7) is 3.17. The summed E-state index contributed by atoms with van der Waals surface area (Å²) in [7, 11) is 1.46. The van der Waals surface area contributed by atoms with Gasteiger partial charge in [-0.25, -0.2) is 13.6 Å². The third kappa shape index (κ3) is 9.09. The number of anilines is 2. The smallest absolute Gasteiger partial charge is 0.323 e. The number of aliphatic carboxylic acids is 1. The van der Waals surface area contributed by atoms with E-state index in [1.165, 1.54) is 13.2 Å². The van der Waals surface area contributed by atoms with E-state index in [0.29, 0.717) is 66.9 Å². The van der Waals surface area contributed by atoms with Gasteiger partial charge in [0, 0.05) is 51.3 Å². The van der Waals surface area contributed by atoms with Gasteiger partial charge in [-0.3, -0.25) is 19.4 Å². The monoisotopic (exact) mass is 671 g/mol. The Balaban J connectivity index is 1.26. The number of rotatable bonds is 11. The minimum absolute atomic E-state index is 0.0230. The molecule has 0 aromatic heterocycles. The summed E-state index contributed by atoms with van der Waals surface area (Å²) in [6, 6.07) is 14.2. The lowest BCUT2D eigenvalue weighted by molar-refractivity contribution is -0.139. The highest BCUT2D eigenvalue weighted by Gasteiger charge is 2.38. The van der Waals surface area contributed by atoms with Crippen LogP contribution in [0.2, 0.25) is 5.02 Å². The summed E-state index contributed by atoms with van der Waals surface area (Å²) in [5.74, 6) is -2.31. The summed E-state index contributed by atoms with van der Waals surface area (Å²) in [5.41, 5.74) is 1.49. The molecule has 2 aliphatic rings. The number of carbonyl (C=O) groups excluding carboxylic acids is 2. The normalized spacial score (nSPS) is 18.5. The van der Waals surface area contributed by atoms with Gasteiger partial charge in [0.15, 0.2) is 11.6 Å². The highest BCUT2D eigenvalue weighted by molar-refractivity contribution is 6.33. The Kier molecular flexibility index (Phi) is 11.1. The molecule has 3 amide bonds. The molecule has 2 aliphatic heterocycles. The maximum absolute atomic E-state index is 14.4. The van der Waals surface area contributed by atoms with Crippen molar-refractivity contribution >= 4 is 40.9 Å². The van der Waals surface area contributed by atoms with Gasteiger partial charge in [0.05, 0.1) is 43.0 Å². The average Bonchev–Trinajstić information content (AvgIpc) is 3.43. The second-order valence-corrected chi connectivity index (χ2v) is 11.9. The topological polar surface area (TPSA) is 124 Å². The molecular formula is C33H36ClF2N5O6. The zero-order valence-electron chi connectivity index (χ0n) is 25.8. The predicted molar refractivity (Wildman–Crippen MR) is 172 cm³/mol. The molecule has 3 aromatic rings. The fourth-order valence-corrected chi connectivity index (χ4v) is 6.05. The van der Waals surface area contributed by atoms with E-state index in [1.807, 2.05) is 4.90 Å². The van der Waals surface area contributed by atoms with Gasteiger partial charge in [0.2, 0.25) is 5.91 Å². The largest absolute Gasteiger partial charge is 0.495 e. The van der Waals surface area contributed by atoms with Crippen molar-refractivity contribution in [3.8, 4) is 11.5 Å². The van der Waals surface area contributed by atoms with E-state index >= 15 is 0 Å². The molecule has 2 fully saturated rings. The Hall–Kier alpha value is -4.46. The molecule has 2 heterocycles. The molecule has 0 bridgehead atoms. The number of carbonyl (C=O) groups is 3. The molecule has 11 nitrogen and oxygen atoms in total. The van der Waals surface area contributed by atoms with Crippen molar-refractivity contribution in [3.63, 3.8) is 0 Å². The van der Waals surface area contributed by atoms with Crippen LogP contribution in [0, 0.1) is 11.6 Å². The third-order valence-electron chi connectivity index (χ3n) is 8.17. The Morgan fingerprint density at radius 3 is 2.36 bits per heavy atom. The lowest BCUT2D eigenvalue weighted by Crippen LogP contribution is -2.52. The van der Waals surface area contributed by atoms with Crippen molar-refractivity contribution in [2.24, 2.45) is 0 Å². The lowest BCUT2D eigenvalue weighted by Gasteiger charge is -2.36. The van der Waals surface area contributed by atoms with Crippen LogP contribution in [0.3, 0.4) is 0 Å². The first-order valence-corrected chi connectivity index (χ1v) is 15.5. The van der Waals surface area contributed by atoms with Gasteiger partial charge < -0.3 is 30.1 Å². The zero-order valence-corrected chi connectivity index (χ0v) is 26.5. The first-order chi connectivity index (χ1) is 22.6. The molecule has 0 spiro atoms. The van der Waals surface area contributed by atoms with Gasteiger partial charge in [-0.1, -0.05) is 29.8 Å². The van der Waals surface area contributed by atoms with Crippen molar-refractivity contribution in [1.82, 2.24) is 14.7 Å². The van der Waals surface area contributed by atoms with Gasteiger partial charge in [-0.15, -0.1) is 0 Å². The molecule has 14 heteroatoms. The van der Waals surface area contributed by atoms with E-state index in [9.17, 15) is 23.2 Å². The maximum Gasteiger partial charge on any atom is 0.323 e.